The molecular weight excluding hydrogens is 150 g/mol. The third-order valence-electron chi connectivity index (χ3n) is 1.81. The van der Waals surface area contributed by atoms with Crippen LogP contribution in [-0.2, 0) is 4.79 Å². The quantitative estimate of drug-likeness (QED) is 0.571. The summed E-state index contributed by atoms with van der Waals surface area (Å²) < 4.78 is 0. The fourth-order valence-electron chi connectivity index (χ4n) is 1.06. The van der Waals surface area contributed by atoms with Gasteiger partial charge >= 0.3 is 0 Å². The van der Waals surface area contributed by atoms with Crippen LogP contribution >= 0.6 is 0 Å². The molecule has 0 aliphatic rings. The van der Waals surface area contributed by atoms with Gasteiger partial charge in [-0.15, -0.1) is 0 Å². The van der Waals surface area contributed by atoms with Gasteiger partial charge in [-0.05, 0) is 13.3 Å². The van der Waals surface area contributed by atoms with Crippen molar-refractivity contribution in [2.24, 2.45) is 5.92 Å². The Kier molecular flexibility index (Phi) is 6.37. The van der Waals surface area contributed by atoms with Crippen molar-refractivity contribution in [3.8, 4) is 6.07 Å². The van der Waals surface area contributed by atoms with E-state index in [9.17, 15) is 4.79 Å². The number of Topliss-reactive ketones (excluding diaryl/α,β-unsaturated/α-hetero) is 1. The van der Waals surface area contributed by atoms with E-state index in [1.54, 1.807) is 6.92 Å². The van der Waals surface area contributed by atoms with Gasteiger partial charge in [0.25, 0.3) is 0 Å². The van der Waals surface area contributed by atoms with Crippen LogP contribution in [0.2, 0.25) is 0 Å². The van der Waals surface area contributed by atoms with Crippen LogP contribution in [0.5, 0.6) is 0 Å². The Hall–Kier alpha value is -0.840. The van der Waals surface area contributed by atoms with Crippen molar-refractivity contribution in [2.75, 3.05) is 0 Å². The molecule has 0 aromatic rings. The minimum Gasteiger partial charge on any atom is -0.300 e. The molecule has 0 bridgehead atoms. The molecule has 0 aliphatic carbocycles. The zero-order chi connectivity index (χ0) is 9.40. The van der Waals surface area contributed by atoms with Gasteiger partial charge in [-0.2, -0.15) is 5.26 Å². The van der Waals surface area contributed by atoms with Crippen molar-refractivity contribution in [3.63, 3.8) is 0 Å². The molecule has 0 aliphatic heterocycles. The SMILES string of the molecule is CCCCCC(=O)CC(C)C#N. The summed E-state index contributed by atoms with van der Waals surface area (Å²) in [7, 11) is 0. The van der Waals surface area contributed by atoms with Gasteiger partial charge in [0.1, 0.15) is 5.78 Å². The lowest BCUT2D eigenvalue weighted by molar-refractivity contribution is -0.119. The highest BCUT2D eigenvalue weighted by molar-refractivity contribution is 5.78. The first-order chi connectivity index (χ1) is 5.70. The number of ketones is 1. The molecule has 0 saturated heterocycles. The molecule has 12 heavy (non-hydrogen) atoms. The maximum Gasteiger partial charge on any atom is 0.134 e. The lowest BCUT2D eigenvalue weighted by Gasteiger charge is -2.00. The number of unbranched alkanes of at least 4 members (excludes halogenated alkanes) is 2. The molecule has 0 rings (SSSR count). The molecule has 0 amide bonds. The van der Waals surface area contributed by atoms with Crippen LogP contribution in [0, 0.1) is 17.2 Å². The summed E-state index contributed by atoms with van der Waals surface area (Å²) in [5.74, 6) is 0.122. The molecule has 0 heterocycles. The summed E-state index contributed by atoms with van der Waals surface area (Å²) >= 11 is 0. The minimum absolute atomic E-state index is 0.112. The van der Waals surface area contributed by atoms with Crippen LogP contribution in [0.25, 0.3) is 0 Å². The van der Waals surface area contributed by atoms with Crippen LogP contribution in [0.3, 0.4) is 0 Å². The molecule has 0 fully saturated rings. The first-order valence-corrected chi connectivity index (χ1v) is 4.62. The van der Waals surface area contributed by atoms with Crippen LogP contribution < -0.4 is 0 Å². The van der Waals surface area contributed by atoms with Gasteiger partial charge in [0.15, 0.2) is 0 Å². The summed E-state index contributed by atoms with van der Waals surface area (Å²) in [5, 5.41) is 8.45. The molecule has 1 unspecified atom stereocenters. The highest BCUT2D eigenvalue weighted by Gasteiger charge is 2.06. The molecule has 0 aromatic carbocycles. The summed E-state index contributed by atoms with van der Waals surface area (Å²) in [5.41, 5.74) is 0. The lowest BCUT2D eigenvalue weighted by atomic mass is 10.0. The number of rotatable bonds is 6. The van der Waals surface area contributed by atoms with Crippen molar-refractivity contribution in [1.29, 1.82) is 5.26 Å². The van der Waals surface area contributed by atoms with Gasteiger partial charge in [0.2, 0.25) is 0 Å². The normalized spacial score (nSPS) is 12.1. The summed E-state index contributed by atoms with van der Waals surface area (Å²) in [6, 6.07) is 2.07. The molecule has 0 spiro atoms. The first kappa shape index (κ1) is 11.2. The van der Waals surface area contributed by atoms with Gasteiger partial charge < -0.3 is 0 Å². The van der Waals surface area contributed by atoms with Gasteiger partial charge in [-0.1, -0.05) is 19.8 Å². The van der Waals surface area contributed by atoms with E-state index in [1.807, 2.05) is 0 Å². The molecule has 2 heteroatoms. The molecular formula is C10H17NO. The maximum atomic E-state index is 11.1. The average molecular weight is 167 g/mol. The largest absolute Gasteiger partial charge is 0.300 e. The van der Waals surface area contributed by atoms with E-state index >= 15 is 0 Å². The molecule has 0 saturated carbocycles. The smallest absolute Gasteiger partial charge is 0.134 e. The van der Waals surface area contributed by atoms with E-state index in [0.29, 0.717) is 12.8 Å². The fraction of sp³-hybridized carbons (Fsp3) is 0.800. The number of nitriles is 1. The van der Waals surface area contributed by atoms with Gasteiger partial charge in [0, 0.05) is 12.8 Å². The van der Waals surface area contributed by atoms with Crippen LogP contribution in [-0.4, -0.2) is 5.78 Å². The minimum atomic E-state index is -0.112. The maximum absolute atomic E-state index is 11.1. The van der Waals surface area contributed by atoms with E-state index in [-0.39, 0.29) is 11.7 Å². The zero-order valence-electron chi connectivity index (χ0n) is 7.97. The molecule has 68 valence electrons. The highest BCUT2D eigenvalue weighted by atomic mass is 16.1. The third-order valence-corrected chi connectivity index (χ3v) is 1.81. The number of carbonyl (C=O) groups excluding carboxylic acids is 1. The Morgan fingerprint density at radius 3 is 2.67 bits per heavy atom. The molecule has 0 aromatic heterocycles. The number of carbonyl (C=O) groups is 1. The molecule has 0 radical (unpaired) electrons. The Balaban J connectivity index is 3.41. The molecule has 2 nitrogen and oxygen atoms in total. The summed E-state index contributed by atoms with van der Waals surface area (Å²) in [6.07, 6.45) is 4.32. The highest BCUT2D eigenvalue weighted by Crippen LogP contribution is 2.06. The van der Waals surface area contributed by atoms with Gasteiger partial charge in [-0.25, -0.2) is 0 Å². The van der Waals surface area contributed by atoms with Crippen molar-refractivity contribution in [2.45, 2.75) is 46.0 Å². The summed E-state index contributed by atoms with van der Waals surface area (Å²) in [6.45, 7) is 3.90. The first-order valence-electron chi connectivity index (χ1n) is 4.62. The average Bonchev–Trinajstić information content (AvgIpc) is 2.05. The van der Waals surface area contributed by atoms with Crippen molar-refractivity contribution in [3.05, 3.63) is 0 Å². The predicted octanol–water partition coefficient (Wildman–Crippen LogP) is 2.69. The second kappa shape index (κ2) is 6.84. The predicted molar refractivity (Wildman–Crippen MR) is 48.5 cm³/mol. The zero-order valence-corrected chi connectivity index (χ0v) is 7.97. The van der Waals surface area contributed by atoms with Gasteiger partial charge in [-0.3, -0.25) is 4.79 Å². The Morgan fingerprint density at radius 1 is 1.50 bits per heavy atom. The van der Waals surface area contributed by atoms with E-state index < -0.39 is 0 Å². The van der Waals surface area contributed by atoms with Crippen LogP contribution in [0.1, 0.15) is 46.0 Å². The van der Waals surface area contributed by atoms with Crippen molar-refractivity contribution >= 4 is 5.78 Å². The van der Waals surface area contributed by atoms with E-state index in [2.05, 4.69) is 13.0 Å². The monoisotopic (exact) mass is 167 g/mol. The fourth-order valence-corrected chi connectivity index (χ4v) is 1.06. The standard InChI is InChI=1S/C10H17NO/c1-3-4-5-6-10(12)7-9(2)8-11/h9H,3-7H2,1-2H3. The van der Waals surface area contributed by atoms with E-state index in [4.69, 9.17) is 5.26 Å². The van der Waals surface area contributed by atoms with Crippen LogP contribution in [0.4, 0.5) is 0 Å². The van der Waals surface area contributed by atoms with Crippen molar-refractivity contribution < 1.29 is 4.79 Å². The number of nitrogens with zero attached hydrogens (tertiary/aromatic N) is 1. The molecule has 0 N–H and O–H groups in total. The Labute approximate surface area is 74.6 Å². The second-order valence-corrected chi connectivity index (χ2v) is 3.23. The third kappa shape index (κ3) is 5.91. The topological polar surface area (TPSA) is 40.9 Å². The van der Waals surface area contributed by atoms with Crippen molar-refractivity contribution in [1.82, 2.24) is 0 Å². The number of hydrogen-bond acceptors (Lipinski definition) is 2. The van der Waals surface area contributed by atoms with E-state index in [0.717, 1.165) is 19.3 Å². The molecule has 1 atom stereocenters. The second-order valence-electron chi connectivity index (χ2n) is 3.23. The Bertz CT molecular complexity index is 169. The van der Waals surface area contributed by atoms with E-state index in [1.165, 1.54) is 0 Å². The van der Waals surface area contributed by atoms with Crippen LogP contribution in [0.15, 0.2) is 0 Å². The Morgan fingerprint density at radius 2 is 2.17 bits per heavy atom. The lowest BCUT2D eigenvalue weighted by Crippen LogP contribution is -2.03. The number of hydrogen-bond donors (Lipinski definition) is 0. The summed E-state index contributed by atoms with van der Waals surface area (Å²) in [4.78, 5) is 11.1. The van der Waals surface area contributed by atoms with Gasteiger partial charge in [0.05, 0.1) is 12.0 Å².